The van der Waals surface area contributed by atoms with Gasteiger partial charge in [0.2, 0.25) is 0 Å². The molecule has 1 aliphatic rings. The average Bonchev–Trinajstić information content (AvgIpc) is 1.82. The number of thiazole rings is 1. The Balaban J connectivity index is 0.000000139. The van der Waals surface area contributed by atoms with Crippen LogP contribution in [-0.2, 0) is 49.9 Å². The number of aromatic amines is 3. The van der Waals surface area contributed by atoms with Crippen molar-refractivity contribution in [3.63, 3.8) is 0 Å². The smallest absolute Gasteiger partial charge is 0.177 e. The average molecular weight is 1440 g/mol. The van der Waals surface area contributed by atoms with Crippen molar-refractivity contribution in [1.29, 1.82) is 0 Å². The lowest BCUT2D eigenvalue weighted by molar-refractivity contribution is 0.455. The molecular weight excluding hydrogens is 1330 g/mol. The fourth-order valence-electron chi connectivity index (χ4n) is 11.0. The summed E-state index contributed by atoms with van der Waals surface area (Å²) in [5, 5.41) is 23.5. The number of benzene rings is 7. The molecule has 0 spiro atoms. The van der Waals surface area contributed by atoms with Crippen LogP contribution in [0.25, 0.3) is 75.3 Å². The Hall–Kier alpha value is -9.64. The van der Waals surface area contributed by atoms with Gasteiger partial charge in [0, 0.05) is 63.6 Å². The van der Waals surface area contributed by atoms with Gasteiger partial charge in [0.25, 0.3) is 0 Å². The van der Waals surface area contributed by atoms with E-state index in [1.54, 1.807) is 47.7 Å². The van der Waals surface area contributed by atoms with Crippen LogP contribution in [0.5, 0.6) is 0 Å². The number of fused-ring (bicyclic) bond motifs is 8. The molecule has 0 saturated carbocycles. The Labute approximate surface area is 630 Å². The van der Waals surface area contributed by atoms with Gasteiger partial charge in [-0.3, -0.25) is 15.1 Å². The van der Waals surface area contributed by atoms with Crippen molar-refractivity contribution in [2.45, 2.75) is 216 Å². The highest BCUT2D eigenvalue weighted by Gasteiger charge is 2.22. The Morgan fingerprint density at radius 2 is 0.933 bits per heavy atom. The first kappa shape index (κ1) is 79.5. The Bertz CT molecular complexity index is 4810. The van der Waals surface area contributed by atoms with Gasteiger partial charge in [-0.25, -0.2) is 15.0 Å². The molecule has 105 heavy (non-hydrogen) atoms. The summed E-state index contributed by atoms with van der Waals surface area (Å²) in [7, 11) is 0. The van der Waals surface area contributed by atoms with Crippen LogP contribution in [0.4, 0.5) is 5.69 Å². The standard InChI is InChI=1S/C12H14N2.C12H15N.2C11H14N2.C11H13NO.2C11H13NS.C10H13N3/c1-12(2,3)9-4-5-10-11(8-9)14-7-6-13-10;1-12(2,3)10-4-5-11-9(8-10)6-7-13-11;2*1-11(2,3)9-4-5-10-8(6-9)7-12-13-10;2*1-11(2,3)9-5-4-8-7-12-13-10(8)6-9;1-11(2,3)8-4-5-9-10(6-8)13-7-12-9;1-10(2,3)9-12-7-5-4-6-11-8(7)13-9/h4-8H,1-3H3;4-8,13H,1-3H3;4-6H,7H2,1-3H3;4-7H,1-3H3,(H,12,13);3*4-7H,1-3H3;4-6H,1-3H3,(H,11,12,13). The Kier molecular flexibility index (Phi) is 24.5. The molecule has 8 aromatic heterocycles. The highest BCUT2D eigenvalue weighted by atomic mass is 32.1. The minimum atomic E-state index is 0.0562. The largest absolute Gasteiger partial charge is 0.361 e. The van der Waals surface area contributed by atoms with Crippen LogP contribution in [0, 0.1) is 0 Å². The SMILES string of the molecule is CC(C)(C)c1ccc2[nH]ccc2c1.CC(C)(C)c1ccc2[nH]ncc2c1.CC(C)(C)c1ccc2c(c1)CN=N2.CC(C)(C)c1ccc2cnoc2c1.CC(C)(C)c1ccc2cnsc2c1.CC(C)(C)c1ccc2nccnc2c1.CC(C)(C)c1ccc2ncsc2c1.CC(C)(C)c1nc2ncccc2[nH]1. The Morgan fingerprint density at radius 1 is 0.400 bits per heavy atom. The molecule has 0 aliphatic carbocycles. The predicted octanol–water partition coefficient (Wildman–Crippen LogP) is 25.4. The topological polar surface area (TPSA) is 188 Å². The number of azo groups is 1. The van der Waals surface area contributed by atoms with E-state index in [1.807, 2.05) is 48.4 Å². The molecular formula is C89H109N13OS2. The molecule has 0 bridgehead atoms. The molecule has 0 amide bonds. The molecule has 0 saturated heterocycles. The monoisotopic (exact) mass is 1440 g/mol. The van der Waals surface area contributed by atoms with E-state index in [2.05, 4.69) is 352 Å². The van der Waals surface area contributed by atoms with Crippen LogP contribution < -0.4 is 0 Å². The number of nitrogens with zero attached hydrogens (tertiary/aromatic N) is 10. The minimum absolute atomic E-state index is 0.0562. The molecule has 9 heterocycles. The number of aromatic nitrogens is 11. The van der Waals surface area contributed by atoms with Gasteiger partial charge < -0.3 is 14.5 Å². The lowest BCUT2D eigenvalue weighted by atomic mass is 9.86. The highest BCUT2D eigenvalue weighted by Crippen LogP contribution is 2.35. The van der Waals surface area contributed by atoms with Crippen molar-refractivity contribution < 1.29 is 4.52 Å². The van der Waals surface area contributed by atoms with Crippen LogP contribution in [0.2, 0.25) is 0 Å². The van der Waals surface area contributed by atoms with E-state index in [1.165, 1.54) is 75.6 Å². The van der Waals surface area contributed by atoms with Crippen molar-refractivity contribution in [3.8, 4) is 0 Å². The van der Waals surface area contributed by atoms with Crippen LogP contribution >= 0.6 is 22.9 Å². The number of rotatable bonds is 0. The third-order valence-corrected chi connectivity index (χ3v) is 19.6. The molecule has 1 aliphatic heterocycles. The zero-order chi connectivity index (χ0) is 76.5. The minimum Gasteiger partial charge on any atom is -0.361 e. The molecule has 0 radical (unpaired) electrons. The highest BCUT2D eigenvalue weighted by molar-refractivity contribution is 7.16. The molecule has 7 aromatic carbocycles. The van der Waals surface area contributed by atoms with E-state index in [4.69, 9.17) is 4.52 Å². The molecule has 14 nitrogen and oxygen atoms in total. The lowest BCUT2D eigenvalue weighted by Crippen LogP contribution is -2.12. The van der Waals surface area contributed by atoms with Gasteiger partial charge >= 0.3 is 0 Å². The molecule has 0 atom stereocenters. The summed E-state index contributed by atoms with van der Waals surface area (Å²) in [5.41, 5.74) is 23.2. The molecule has 3 N–H and O–H groups in total. The van der Waals surface area contributed by atoms with Gasteiger partial charge in [-0.1, -0.05) is 226 Å². The number of hydrogen-bond donors (Lipinski definition) is 3. The normalized spacial score (nSPS) is 12.5. The van der Waals surface area contributed by atoms with Crippen molar-refractivity contribution in [1.82, 2.24) is 54.6 Å². The molecule has 16 rings (SSSR count). The Morgan fingerprint density at radius 3 is 1.56 bits per heavy atom. The second-order valence-electron chi connectivity index (χ2n) is 35.1. The number of nitrogens with one attached hydrogen (secondary N) is 3. The zero-order valence-electron chi connectivity index (χ0n) is 66.4. The number of hydrogen-bond acceptors (Lipinski definition) is 13. The predicted molar refractivity (Wildman–Crippen MR) is 445 cm³/mol. The van der Waals surface area contributed by atoms with E-state index in [9.17, 15) is 0 Å². The van der Waals surface area contributed by atoms with Crippen molar-refractivity contribution in [2.24, 2.45) is 10.2 Å². The van der Waals surface area contributed by atoms with Gasteiger partial charge in [-0.2, -0.15) is 19.7 Å². The summed E-state index contributed by atoms with van der Waals surface area (Å²) >= 11 is 3.27. The lowest BCUT2D eigenvalue weighted by Gasteiger charge is -2.19. The zero-order valence-corrected chi connectivity index (χ0v) is 68.0. The number of H-pyrrole nitrogens is 3. The summed E-state index contributed by atoms with van der Waals surface area (Å²) in [6.45, 7) is 53.7. The number of imidazole rings is 1. The fraction of sp³-hybridized carbons (Fsp3) is 0.371. The fourth-order valence-corrected chi connectivity index (χ4v) is 12.4. The second-order valence-corrected chi connectivity index (χ2v) is 36.8. The summed E-state index contributed by atoms with van der Waals surface area (Å²) in [4.78, 5) is 27.8. The van der Waals surface area contributed by atoms with Crippen LogP contribution in [-0.4, -0.2) is 54.6 Å². The van der Waals surface area contributed by atoms with Crippen molar-refractivity contribution >= 4 is 104 Å². The van der Waals surface area contributed by atoms with Gasteiger partial charge in [-0.05, 0) is 185 Å². The van der Waals surface area contributed by atoms with E-state index >= 15 is 0 Å². The third-order valence-electron chi connectivity index (χ3n) is 18.0. The summed E-state index contributed by atoms with van der Waals surface area (Å²) in [5.74, 6) is 0.987. The maximum atomic E-state index is 5.10. The van der Waals surface area contributed by atoms with E-state index < -0.39 is 0 Å². The van der Waals surface area contributed by atoms with Crippen molar-refractivity contribution in [2.75, 3.05) is 0 Å². The van der Waals surface area contributed by atoms with E-state index in [-0.39, 0.29) is 43.3 Å². The molecule has 0 unspecified atom stereocenters. The van der Waals surface area contributed by atoms with Crippen LogP contribution in [0.15, 0.2) is 209 Å². The summed E-state index contributed by atoms with van der Waals surface area (Å²) < 4.78 is 11.8. The van der Waals surface area contributed by atoms with Gasteiger partial charge in [-0.15, -0.1) is 11.3 Å². The quantitative estimate of drug-likeness (QED) is 0.133. The van der Waals surface area contributed by atoms with Gasteiger partial charge in [0.05, 0.1) is 67.1 Å². The van der Waals surface area contributed by atoms with Crippen molar-refractivity contribution in [3.05, 3.63) is 245 Å². The second kappa shape index (κ2) is 32.4. The summed E-state index contributed by atoms with van der Waals surface area (Å²) in [6, 6.07) is 51.1. The third kappa shape index (κ3) is 22.0. The summed E-state index contributed by atoms with van der Waals surface area (Å²) in [6.07, 6.45) is 12.7. The maximum absolute atomic E-state index is 5.10. The first-order valence-corrected chi connectivity index (χ1v) is 37.8. The molecule has 0 fully saturated rings. The van der Waals surface area contributed by atoms with Crippen LogP contribution in [0.1, 0.15) is 217 Å². The molecule has 16 heteroatoms. The first-order chi connectivity index (χ1) is 49.1. The first-order valence-electron chi connectivity index (χ1n) is 36.2. The van der Waals surface area contributed by atoms with Gasteiger partial charge in [0.1, 0.15) is 5.82 Å². The van der Waals surface area contributed by atoms with Crippen LogP contribution in [0.3, 0.4) is 0 Å². The van der Waals surface area contributed by atoms with E-state index in [0.29, 0.717) is 0 Å². The molecule has 548 valence electrons. The maximum Gasteiger partial charge on any atom is 0.177 e. The number of pyridine rings is 1. The van der Waals surface area contributed by atoms with Gasteiger partial charge in [0.15, 0.2) is 11.2 Å². The van der Waals surface area contributed by atoms with E-state index in [0.717, 1.165) is 62.3 Å². The molecule has 15 aromatic rings.